The summed E-state index contributed by atoms with van der Waals surface area (Å²) in [5.74, 6) is 0.422. The summed E-state index contributed by atoms with van der Waals surface area (Å²) in [6, 6.07) is 12.5. The van der Waals surface area contributed by atoms with Gasteiger partial charge in [0.25, 0.3) is 0 Å². The molecule has 0 amide bonds. The van der Waals surface area contributed by atoms with Gasteiger partial charge in [0.1, 0.15) is 0 Å². The Hall–Kier alpha value is -1.94. The van der Waals surface area contributed by atoms with Crippen LogP contribution in [-0.4, -0.2) is 34.5 Å². The molecule has 1 unspecified atom stereocenters. The van der Waals surface area contributed by atoms with Crippen LogP contribution in [-0.2, 0) is 6.42 Å². The SMILES string of the molecule is O=c1nccc(C2CCCN(CCc3ccccc3)C2)[nH]1. The van der Waals surface area contributed by atoms with Crippen LogP contribution in [0, 0.1) is 0 Å². The lowest BCUT2D eigenvalue weighted by atomic mass is 9.94. The van der Waals surface area contributed by atoms with Gasteiger partial charge in [0.05, 0.1) is 0 Å². The fourth-order valence-corrected chi connectivity index (χ4v) is 3.07. The van der Waals surface area contributed by atoms with Crippen molar-refractivity contribution in [2.24, 2.45) is 0 Å². The van der Waals surface area contributed by atoms with Crippen molar-refractivity contribution in [3.63, 3.8) is 0 Å². The van der Waals surface area contributed by atoms with Crippen LogP contribution >= 0.6 is 0 Å². The Labute approximate surface area is 124 Å². The topological polar surface area (TPSA) is 49.0 Å². The number of hydrogen-bond donors (Lipinski definition) is 1. The molecule has 0 radical (unpaired) electrons. The molecule has 1 atom stereocenters. The molecular weight excluding hydrogens is 262 g/mol. The van der Waals surface area contributed by atoms with Crippen LogP contribution in [0.25, 0.3) is 0 Å². The van der Waals surface area contributed by atoms with Crippen LogP contribution in [0.5, 0.6) is 0 Å². The third-order valence-electron chi connectivity index (χ3n) is 4.20. The summed E-state index contributed by atoms with van der Waals surface area (Å²) < 4.78 is 0. The van der Waals surface area contributed by atoms with Gasteiger partial charge in [-0.05, 0) is 37.4 Å². The maximum absolute atomic E-state index is 11.3. The molecule has 0 bridgehead atoms. The van der Waals surface area contributed by atoms with E-state index in [-0.39, 0.29) is 5.69 Å². The molecule has 0 aliphatic carbocycles. The van der Waals surface area contributed by atoms with Crippen molar-refractivity contribution < 1.29 is 0 Å². The first-order chi connectivity index (χ1) is 10.3. The molecule has 1 saturated heterocycles. The smallest absolute Gasteiger partial charge is 0.309 e. The first kappa shape index (κ1) is 14.0. The van der Waals surface area contributed by atoms with E-state index in [1.54, 1.807) is 6.20 Å². The van der Waals surface area contributed by atoms with E-state index in [0.717, 1.165) is 38.2 Å². The van der Waals surface area contributed by atoms with Gasteiger partial charge in [-0.25, -0.2) is 9.78 Å². The predicted octanol–water partition coefficient (Wildman–Crippen LogP) is 2.19. The Morgan fingerprint density at radius 3 is 2.90 bits per heavy atom. The minimum atomic E-state index is -0.242. The van der Waals surface area contributed by atoms with Gasteiger partial charge in [-0.2, -0.15) is 0 Å². The van der Waals surface area contributed by atoms with Crippen molar-refractivity contribution in [3.05, 3.63) is 64.3 Å². The van der Waals surface area contributed by atoms with Crippen LogP contribution < -0.4 is 5.69 Å². The fraction of sp³-hybridized carbons (Fsp3) is 0.412. The van der Waals surface area contributed by atoms with Gasteiger partial charge in [-0.1, -0.05) is 30.3 Å². The minimum Gasteiger partial charge on any atom is -0.309 e. The third kappa shape index (κ3) is 3.79. The average Bonchev–Trinajstić information content (AvgIpc) is 2.54. The largest absolute Gasteiger partial charge is 0.345 e. The average molecular weight is 283 g/mol. The second kappa shape index (κ2) is 6.68. The fourth-order valence-electron chi connectivity index (χ4n) is 3.07. The number of aromatic amines is 1. The molecule has 2 heterocycles. The first-order valence-corrected chi connectivity index (χ1v) is 7.63. The normalized spacial score (nSPS) is 19.5. The highest BCUT2D eigenvalue weighted by atomic mass is 16.1. The Balaban J connectivity index is 1.59. The minimum absolute atomic E-state index is 0.242. The van der Waals surface area contributed by atoms with Crippen LogP contribution in [0.1, 0.15) is 30.0 Å². The van der Waals surface area contributed by atoms with Gasteiger partial charge in [0.15, 0.2) is 0 Å². The molecule has 1 aromatic heterocycles. The zero-order chi connectivity index (χ0) is 14.5. The molecular formula is C17H21N3O. The highest BCUT2D eigenvalue weighted by molar-refractivity contribution is 5.15. The van der Waals surface area contributed by atoms with E-state index in [9.17, 15) is 4.79 Å². The summed E-state index contributed by atoms with van der Waals surface area (Å²) in [5.41, 5.74) is 2.17. The number of benzene rings is 1. The quantitative estimate of drug-likeness (QED) is 0.935. The maximum atomic E-state index is 11.3. The molecule has 0 spiro atoms. The number of hydrogen-bond acceptors (Lipinski definition) is 3. The zero-order valence-corrected chi connectivity index (χ0v) is 12.2. The lowest BCUT2D eigenvalue weighted by molar-refractivity contribution is 0.208. The Morgan fingerprint density at radius 2 is 2.10 bits per heavy atom. The molecule has 1 fully saturated rings. The number of nitrogens with one attached hydrogen (secondary N) is 1. The van der Waals surface area contributed by atoms with Gasteiger partial charge in [-0.3, -0.25) is 0 Å². The van der Waals surface area contributed by atoms with E-state index in [0.29, 0.717) is 5.92 Å². The zero-order valence-electron chi connectivity index (χ0n) is 12.2. The Bertz CT molecular complexity index is 623. The standard InChI is InChI=1S/C17H21N3O/c21-17-18-10-8-16(19-17)15-7-4-11-20(13-15)12-9-14-5-2-1-3-6-14/h1-3,5-6,8,10,15H,4,7,9,11-13H2,(H,18,19,21). The molecule has 3 rings (SSSR count). The van der Waals surface area contributed by atoms with E-state index >= 15 is 0 Å². The summed E-state index contributed by atoms with van der Waals surface area (Å²) in [6.07, 6.45) is 5.02. The number of aromatic nitrogens is 2. The summed E-state index contributed by atoms with van der Waals surface area (Å²) in [4.78, 5) is 20.4. The maximum Gasteiger partial charge on any atom is 0.345 e. The van der Waals surface area contributed by atoms with Gasteiger partial charge < -0.3 is 9.88 Å². The number of rotatable bonds is 4. The van der Waals surface area contributed by atoms with Crippen LogP contribution in [0.3, 0.4) is 0 Å². The highest BCUT2D eigenvalue weighted by Gasteiger charge is 2.21. The number of likely N-dealkylation sites (tertiary alicyclic amines) is 1. The van der Waals surface area contributed by atoms with E-state index in [2.05, 4.69) is 45.2 Å². The molecule has 1 aromatic carbocycles. The van der Waals surface area contributed by atoms with E-state index in [4.69, 9.17) is 0 Å². The molecule has 1 aliphatic heterocycles. The summed E-state index contributed by atoms with van der Waals surface area (Å²) in [7, 11) is 0. The van der Waals surface area contributed by atoms with Gasteiger partial charge >= 0.3 is 5.69 Å². The lowest BCUT2D eigenvalue weighted by Gasteiger charge is -2.32. The Kier molecular flexibility index (Phi) is 4.46. The lowest BCUT2D eigenvalue weighted by Crippen LogP contribution is -2.36. The number of nitrogens with zero attached hydrogens (tertiary/aromatic N) is 2. The summed E-state index contributed by atoms with van der Waals surface area (Å²) >= 11 is 0. The highest BCUT2D eigenvalue weighted by Crippen LogP contribution is 2.24. The van der Waals surface area contributed by atoms with E-state index in [1.165, 1.54) is 12.0 Å². The molecule has 1 aliphatic rings. The Morgan fingerprint density at radius 1 is 1.24 bits per heavy atom. The van der Waals surface area contributed by atoms with Crippen LogP contribution in [0.2, 0.25) is 0 Å². The predicted molar refractivity (Wildman–Crippen MR) is 83.4 cm³/mol. The van der Waals surface area contributed by atoms with Crippen LogP contribution in [0.15, 0.2) is 47.4 Å². The van der Waals surface area contributed by atoms with Gasteiger partial charge in [0, 0.05) is 30.9 Å². The first-order valence-electron chi connectivity index (χ1n) is 7.63. The van der Waals surface area contributed by atoms with Crippen molar-refractivity contribution in [2.75, 3.05) is 19.6 Å². The van der Waals surface area contributed by atoms with Crippen molar-refractivity contribution in [1.29, 1.82) is 0 Å². The molecule has 4 heteroatoms. The van der Waals surface area contributed by atoms with Crippen molar-refractivity contribution in [2.45, 2.75) is 25.2 Å². The van der Waals surface area contributed by atoms with Crippen molar-refractivity contribution >= 4 is 0 Å². The van der Waals surface area contributed by atoms with Gasteiger partial charge in [-0.15, -0.1) is 0 Å². The number of piperidine rings is 1. The number of H-pyrrole nitrogens is 1. The summed E-state index contributed by atoms with van der Waals surface area (Å²) in [5, 5.41) is 0. The van der Waals surface area contributed by atoms with E-state index in [1.807, 2.05) is 6.07 Å². The van der Waals surface area contributed by atoms with Crippen LogP contribution in [0.4, 0.5) is 0 Å². The monoisotopic (exact) mass is 283 g/mol. The summed E-state index contributed by atoms with van der Waals surface area (Å²) in [6.45, 7) is 3.25. The van der Waals surface area contributed by atoms with Gasteiger partial charge in [0.2, 0.25) is 0 Å². The second-order valence-corrected chi connectivity index (χ2v) is 5.71. The third-order valence-corrected chi connectivity index (χ3v) is 4.20. The molecule has 21 heavy (non-hydrogen) atoms. The second-order valence-electron chi connectivity index (χ2n) is 5.71. The van der Waals surface area contributed by atoms with Crippen molar-refractivity contribution in [1.82, 2.24) is 14.9 Å². The molecule has 110 valence electrons. The molecule has 2 aromatic rings. The molecule has 1 N–H and O–H groups in total. The molecule has 0 saturated carbocycles. The van der Waals surface area contributed by atoms with Crippen molar-refractivity contribution in [3.8, 4) is 0 Å². The van der Waals surface area contributed by atoms with E-state index < -0.39 is 0 Å². The molecule has 4 nitrogen and oxygen atoms in total.